The van der Waals surface area contributed by atoms with Crippen LogP contribution in [0.1, 0.15) is 28.5 Å². The molecule has 0 amide bonds. The number of nitrogens with zero attached hydrogens (tertiary/aromatic N) is 1. The minimum absolute atomic E-state index is 0.321. The van der Waals surface area contributed by atoms with Crippen molar-refractivity contribution in [1.82, 2.24) is 10.2 Å². The Bertz CT molecular complexity index is 642. The molecule has 0 aliphatic rings. The minimum Gasteiger partial charge on any atom is -0.465 e. The summed E-state index contributed by atoms with van der Waals surface area (Å²) in [6.07, 6.45) is 2.06. The maximum absolute atomic E-state index is 11.4. The molecule has 0 atom stereocenters. The summed E-state index contributed by atoms with van der Waals surface area (Å²) in [5.74, 6) is 0.513. The molecule has 0 spiro atoms. The number of hydrogen-bond donors (Lipinski definition) is 2. The fourth-order valence-corrected chi connectivity index (χ4v) is 1.91. The molecular weight excluding hydrogens is 266 g/mol. The molecule has 0 aliphatic heterocycles. The molecule has 0 saturated heterocycles. The average molecular weight is 285 g/mol. The monoisotopic (exact) mass is 285 g/mol. The zero-order valence-electron chi connectivity index (χ0n) is 12.4. The fraction of sp³-hybridized carbons (Fsp3) is 0.250. The summed E-state index contributed by atoms with van der Waals surface area (Å²) in [4.78, 5) is 11.4. The van der Waals surface area contributed by atoms with Crippen LogP contribution in [0.5, 0.6) is 0 Å². The van der Waals surface area contributed by atoms with Gasteiger partial charge in [0.05, 0.1) is 12.7 Å². The fourth-order valence-electron chi connectivity index (χ4n) is 1.91. The number of aromatic nitrogens is 2. The quantitative estimate of drug-likeness (QED) is 0.829. The van der Waals surface area contributed by atoms with Crippen molar-refractivity contribution in [3.63, 3.8) is 0 Å². The second kappa shape index (κ2) is 6.74. The molecule has 0 aliphatic carbocycles. The van der Waals surface area contributed by atoms with Crippen LogP contribution in [0.25, 0.3) is 6.08 Å². The van der Waals surface area contributed by atoms with Crippen LogP contribution in [0.2, 0.25) is 0 Å². The lowest BCUT2D eigenvalue weighted by Crippen LogP contribution is -2.03. The highest BCUT2D eigenvalue weighted by atomic mass is 16.5. The molecule has 0 fully saturated rings. The van der Waals surface area contributed by atoms with Crippen molar-refractivity contribution in [3.05, 3.63) is 52.7 Å². The third-order valence-corrected chi connectivity index (χ3v) is 3.00. The number of carbonyl (C=O) groups excluding carboxylic acids is 1. The molecule has 1 aromatic heterocycles. The lowest BCUT2D eigenvalue weighted by Gasteiger charge is -2.04. The summed E-state index contributed by atoms with van der Waals surface area (Å²) >= 11 is 0. The van der Waals surface area contributed by atoms with Crippen molar-refractivity contribution in [1.29, 1.82) is 0 Å². The number of ether oxygens (including phenoxy) is 1. The highest BCUT2D eigenvalue weighted by molar-refractivity contribution is 5.89. The third-order valence-electron chi connectivity index (χ3n) is 3.00. The smallest absolute Gasteiger partial charge is 0.337 e. The van der Waals surface area contributed by atoms with E-state index >= 15 is 0 Å². The lowest BCUT2D eigenvalue weighted by atomic mass is 10.1. The van der Waals surface area contributed by atoms with E-state index in [9.17, 15) is 4.79 Å². The van der Waals surface area contributed by atoms with Crippen LogP contribution < -0.4 is 5.32 Å². The van der Waals surface area contributed by atoms with E-state index in [4.69, 9.17) is 0 Å². The molecule has 1 heterocycles. The number of hydrogen-bond acceptors (Lipinski definition) is 4. The lowest BCUT2D eigenvalue weighted by molar-refractivity contribution is 0.0601. The molecule has 21 heavy (non-hydrogen) atoms. The molecule has 2 N–H and O–H groups in total. The van der Waals surface area contributed by atoms with Gasteiger partial charge >= 0.3 is 5.97 Å². The van der Waals surface area contributed by atoms with Gasteiger partial charge in [0, 0.05) is 18.3 Å². The van der Waals surface area contributed by atoms with Gasteiger partial charge in [-0.25, -0.2) is 4.79 Å². The normalized spacial score (nSPS) is 11.3. The number of anilines is 1. The summed E-state index contributed by atoms with van der Waals surface area (Å²) in [6.45, 7) is 4.72. The third kappa shape index (κ3) is 4.21. The Balaban J connectivity index is 1.96. The molecule has 2 rings (SSSR count). The number of rotatable bonds is 5. The van der Waals surface area contributed by atoms with Crippen LogP contribution in [0, 0.1) is 6.92 Å². The van der Waals surface area contributed by atoms with Crippen LogP contribution in [-0.2, 0) is 4.74 Å². The van der Waals surface area contributed by atoms with Crippen molar-refractivity contribution in [2.75, 3.05) is 19.0 Å². The summed E-state index contributed by atoms with van der Waals surface area (Å²) in [6, 6.07) is 9.27. The first-order valence-corrected chi connectivity index (χ1v) is 6.70. The van der Waals surface area contributed by atoms with E-state index in [0.29, 0.717) is 12.1 Å². The van der Waals surface area contributed by atoms with Crippen molar-refractivity contribution >= 4 is 17.9 Å². The number of esters is 1. The molecule has 0 bridgehead atoms. The second-order valence-electron chi connectivity index (χ2n) is 4.89. The Morgan fingerprint density at radius 2 is 2.10 bits per heavy atom. The van der Waals surface area contributed by atoms with Gasteiger partial charge < -0.3 is 10.1 Å². The standard InChI is InChI=1S/C16H19N3O2/c1-11(10-17-15-9-12(2)18-19-15)8-13-4-6-14(7-5-13)16(20)21-3/h4-9H,10H2,1-3H3,(H2,17,18,19)/b11-8+. The molecule has 0 saturated carbocycles. The molecular formula is C16H19N3O2. The number of methoxy groups -OCH3 is 1. The first kappa shape index (κ1) is 14.8. The van der Waals surface area contributed by atoms with E-state index in [1.165, 1.54) is 12.7 Å². The van der Waals surface area contributed by atoms with Gasteiger partial charge in [-0.2, -0.15) is 5.10 Å². The molecule has 2 aromatic rings. The first-order chi connectivity index (χ1) is 10.1. The van der Waals surface area contributed by atoms with Crippen LogP contribution in [0.3, 0.4) is 0 Å². The Hall–Kier alpha value is -2.56. The van der Waals surface area contributed by atoms with Crippen LogP contribution in [0.15, 0.2) is 35.9 Å². The van der Waals surface area contributed by atoms with E-state index in [1.54, 1.807) is 12.1 Å². The van der Waals surface area contributed by atoms with E-state index < -0.39 is 0 Å². The molecule has 110 valence electrons. The van der Waals surface area contributed by atoms with Gasteiger partial charge in [0.25, 0.3) is 0 Å². The highest BCUT2D eigenvalue weighted by Gasteiger charge is 2.03. The summed E-state index contributed by atoms with van der Waals surface area (Å²) in [5.41, 5.74) is 3.79. The summed E-state index contributed by atoms with van der Waals surface area (Å²) in [5, 5.41) is 10.2. The first-order valence-electron chi connectivity index (χ1n) is 6.70. The largest absolute Gasteiger partial charge is 0.465 e. The van der Waals surface area contributed by atoms with E-state index in [2.05, 4.69) is 26.3 Å². The van der Waals surface area contributed by atoms with E-state index in [1.807, 2.05) is 32.0 Å². The predicted octanol–water partition coefficient (Wildman–Crippen LogP) is 3.02. The van der Waals surface area contributed by atoms with Gasteiger partial charge in [-0.1, -0.05) is 23.8 Å². The van der Waals surface area contributed by atoms with Gasteiger partial charge in [-0.3, -0.25) is 5.10 Å². The molecule has 5 nitrogen and oxygen atoms in total. The molecule has 0 radical (unpaired) electrons. The molecule has 0 unspecified atom stereocenters. The second-order valence-corrected chi connectivity index (χ2v) is 4.89. The van der Waals surface area contributed by atoms with Crippen LogP contribution in [-0.4, -0.2) is 29.8 Å². The number of aryl methyl sites for hydroxylation is 1. The Morgan fingerprint density at radius 1 is 1.38 bits per heavy atom. The van der Waals surface area contributed by atoms with Gasteiger partial charge in [0.2, 0.25) is 0 Å². The number of carbonyl (C=O) groups is 1. The zero-order valence-corrected chi connectivity index (χ0v) is 12.4. The van der Waals surface area contributed by atoms with Crippen molar-refractivity contribution in [2.24, 2.45) is 0 Å². The molecule has 5 heteroatoms. The number of aromatic amines is 1. The van der Waals surface area contributed by atoms with Gasteiger partial charge in [0.15, 0.2) is 0 Å². The van der Waals surface area contributed by atoms with Gasteiger partial charge in [0.1, 0.15) is 5.82 Å². The van der Waals surface area contributed by atoms with Crippen molar-refractivity contribution < 1.29 is 9.53 Å². The SMILES string of the molecule is COC(=O)c1ccc(/C=C(\C)CNc2cc(C)[nH]n2)cc1. The Kier molecular flexibility index (Phi) is 4.77. The zero-order chi connectivity index (χ0) is 15.2. The number of benzene rings is 1. The average Bonchev–Trinajstić information content (AvgIpc) is 2.91. The number of nitrogens with one attached hydrogen (secondary N) is 2. The maximum atomic E-state index is 11.4. The predicted molar refractivity (Wildman–Crippen MR) is 83.2 cm³/mol. The Labute approximate surface area is 124 Å². The highest BCUT2D eigenvalue weighted by Crippen LogP contribution is 2.11. The topological polar surface area (TPSA) is 67.0 Å². The van der Waals surface area contributed by atoms with E-state index in [-0.39, 0.29) is 5.97 Å². The van der Waals surface area contributed by atoms with Crippen molar-refractivity contribution in [2.45, 2.75) is 13.8 Å². The van der Waals surface area contributed by atoms with Gasteiger partial charge in [-0.05, 0) is 31.5 Å². The Morgan fingerprint density at radius 3 is 2.67 bits per heavy atom. The summed E-state index contributed by atoms with van der Waals surface area (Å²) < 4.78 is 4.67. The minimum atomic E-state index is -0.321. The maximum Gasteiger partial charge on any atom is 0.337 e. The van der Waals surface area contributed by atoms with Gasteiger partial charge in [-0.15, -0.1) is 0 Å². The summed E-state index contributed by atoms with van der Waals surface area (Å²) in [7, 11) is 1.38. The van der Waals surface area contributed by atoms with Crippen molar-refractivity contribution in [3.8, 4) is 0 Å². The van der Waals surface area contributed by atoms with E-state index in [0.717, 1.165) is 17.1 Å². The molecule has 1 aromatic carbocycles. The number of H-pyrrole nitrogens is 1. The van der Waals surface area contributed by atoms with Crippen LogP contribution in [0.4, 0.5) is 5.82 Å². The van der Waals surface area contributed by atoms with Crippen LogP contribution >= 0.6 is 0 Å².